The van der Waals surface area contributed by atoms with E-state index in [1.807, 2.05) is 18.2 Å². The van der Waals surface area contributed by atoms with E-state index < -0.39 is 0 Å². The first-order valence-electron chi connectivity index (χ1n) is 12.2. The Labute approximate surface area is 206 Å². The maximum atomic E-state index is 8.55. The lowest BCUT2D eigenvalue weighted by atomic mass is 10.1. The van der Waals surface area contributed by atoms with Gasteiger partial charge in [0.15, 0.2) is 0 Å². The predicted octanol–water partition coefficient (Wildman–Crippen LogP) is 8.01. The van der Waals surface area contributed by atoms with Crippen LogP contribution >= 0.6 is 0 Å². The van der Waals surface area contributed by atoms with Crippen LogP contribution in [0.25, 0.3) is 0 Å². The van der Waals surface area contributed by atoms with Crippen LogP contribution in [0.15, 0.2) is 69.9 Å². The Morgan fingerprint density at radius 3 is 0.758 bits per heavy atom. The summed E-state index contributed by atoms with van der Waals surface area (Å²) in [4.78, 5) is 0. The highest BCUT2D eigenvalue weighted by Gasteiger charge is 1.88. The van der Waals surface area contributed by atoms with Crippen LogP contribution in [0.5, 0.6) is 0 Å². The van der Waals surface area contributed by atoms with Crippen LogP contribution in [-0.4, -0.2) is 35.1 Å². The van der Waals surface area contributed by atoms with Crippen molar-refractivity contribution in [2.45, 2.75) is 101 Å². The van der Waals surface area contributed by atoms with E-state index in [-0.39, 0.29) is 19.8 Å². The topological polar surface area (TPSA) is 60.7 Å². The second kappa shape index (κ2) is 26.6. The molecule has 0 aromatic carbocycles. The van der Waals surface area contributed by atoms with Gasteiger partial charge < -0.3 is 15.3 Å². The van der Waals surface area contributed by atoms with Crippen molar-refractivity contribution in [3.05, 3.63) is 69.9 Å². The molecule has 0 saturated heterocycles. The number of allylic oxidation sites excluding steroid dienone is 9. The first kappa shape index (κ1) is 35.9. The van der Waals surface area contributed by atoms with Crippen LogP contribution in [0.1, 0.15) is 101 Å². The van der Waals surface area contributed by atoms with Gasteiger partial charge in [-0.1, -0.05) is 69.9 Å². The number of aliphatic hydroxyl groups excluding tert-OH is 3. The average Bonchev–Trinajstić information content (AvgIpc) is 2.69. The summed E-state index contributed by atoms with van der Waals surface area (Å²) < 4.78 is 0. The summed E-state index contributed by atoms with van der Waals surface area (Å²) in [6, 6.07) is 0. The van der Waals surface area contributed by atoms with Crippen molar-refractivity contribution < 1.29 is 15.3 Å². The van der Waals surface area contributed by atoms with Gasteiger partial charge in [-0.2, -0.15) is 0 Å². The Hall–Kier alpha value is -1.68. The van der Waals surface area contributed by atoms with E-state index in [2.05, 4.69) is 80.5 Å². The largest absolute Gasteiger partial charge is 0.392 e. The maximum Gasteiger partial charge on any atom is 0.0614 e. The summed E-state index contributed by atoms with van der Waals surface area (Å²) in [5, 5.41) is 25.7. The van der Waals surface area contributed by atoms with Crippen LogP contribution in [0.3, 0.4) is 0 Å². The zero-order valence-electron chi connectivity index (χ0n) is 23.2. The molecule has 0 bridgehead atoms. The number of hydrogen-bond donors (Lipinski definition) is 3. The molecule has 3 nitrogen and oxygen atoms in total. The smallest absolute Gasteiger partial charge is 0.0614 e. The van der Waals surface area contributed by atoms with Crippen LogP contribution in [0.4, 0.5) is 0 Å². The zero-order chi connectivity index (χ0) is 26.1. The minimum absolute atomic E-state index is 0.167. The van der Waals surface area contributed by atoms with Gasteiger partial charge in [-0.05, 0) is 101 Å². The third-order valence-electron chi connectivity index (χ3n) is 4.59. The normalized spacial score (nSPS) is 11.5. The summed E-state index contributed by atoms with van der Waals surface area (Å²) in [6.45, 7) is 19.3. The van der Waals surface area contributed by atoms with Gasteiger partial charge in [0.05, 0.1) is 19.8 Å². The minimum Gasteiger partial charge on any atom is -0.392 e. The van der Waals surface area contributed by atoms with Crippen LogP contribution in [0.2, 0.25) is 0 Å². The molecule has 0 aliphatic heterocycles. The van der Waals surface area contributed by atoms with Gasteiger partial charge in [0.2, 0.25) is 0 Å². The van der Waals surface area contributed by atoms with Crippen molar-refractivity contribution in [1.82, 2.24) is 0 Å². The molecule has 0 aliphatic rings. The lowest BCUT2D eigenvalue weighted by Gasteiger charge is -1.96. The zero-order valence-corrected chi connectivity index (χ0v) is 23.2. The van der Waals surface area contributed by atoms with E-state index in [9.17, 15) is 0 Å². The number of hydrogen-bond acceptors (Lipinski definition) is 3. The quantitative estimate of drug-likeness (QED) is 0.257. The van der Waals surface area contributed by atoms with Crippen LogP contribution in [-0.2, 0) is 0 Å². The molecule has 0 fully saturated rings. The van der Waals surface area contributed by atoms with Gasteiger partial charge in [0.1, 0.15) is 0 Å². The summed E-state index contributed by atoms with van der Waals surface area (Å²) in [6.07, 6.45) is 18.7. The summed E-state index contributed by atoms with van der Waals surface area (Å²) in [5.74, 6) is 0. The molecule has 0 aromatic rings. The molecule has 3 heteroatoms. The van der Waals surface area contributed by atoms with Gasteiger partial charge >= 0.3 is 0 Å². The van der Waals surface area contributed by atoms with Crippen LogP contribution < -0.4 is 0 Å². The fourth-order valence-corrected chi connectivity index (χ4v) is 2.54. The number of aliphatic hydroxyl groups is 3. The first-order chi connectivity index (χ1) is 15.5. The van der Waals surface area contributed by atoms with Crippen molar-refractivity contribution >= 4 is 0 Å². The molecule has 0 aromatic heterocycles. The summed E-state index contributed by atoms with van der Waals surface area (Å²) >= 11 is 0. The molecule has 3 N–H and O–H groups in total. The molecule has 192 valence electrons. The molecule has 0 radical (unpaired) electrons. The monoisotopic (exact) mass is 462 g/mol. The van der Waals surface area contributed by atoms with Crippen molar-refractivity contribution in [2.75, 3.05) is 19.8 Å². The highest BCUT2D eigenvalue weighted by Crippen LogP contribution is 2.07. The van der Waals surface area contributed by atoms with Gasteiger partial charge in [-0.15, -0.1) is 0 Å². The van der Waals surface area contributed by atoms with Crippen molar-refractivity contribution in [3.63, 3.8) is 0 Å². The van der Waals surface area contributed by atoms with Crippen molar-refractivity contribution in [1.29, 1.82) is 0 Å². The third kappa shape index (κ3) is 37.9. The third-order valence-corrected chi connectivity index (χ3v) is 4.59. The SMILES string of the molecule is CC(C)=CCC/C(C)=C/CO.CC(C)=CCC/C(C)=C/CO.CC(C)=CCC/C(C)=C/CO. The molecule has 0 amide bonds. The van der Waals surface area contributed by atoms with Gasteiger partial charge in [-0.3, -0.25) is 0 Å². The lowest BCUT2D eigenvalue weighted by molar-refractivity contribution is 0.341. The van der Waals surface area contributed by atoms with Crippen molar-refractivity contribution in [2.24, 2.45) is 0 Å². The maximum absolute atomic E-state index is 8.55. The molecule has 0 atom stereocenters. The second-order valence-electron chi connectivity index (χ2n) is 9.16. The molecule has 33 heavy (non-hydrogen) atoms. The molecule has 0 unspecified atom stereocenters. The van der Waals surface area contributed by atoms with E-state index in [1.54, 1.807) is 0 Å². The first-order valence-corrected chi connectivity index (χ1v) is 12.2. The van der Waals surface area contributed by atoms with Gasteiger partial charge in [0.25, 0.3) is 0 Å². The minimum atomic E-state index is 0.167. The fraction of sp³-hybridized carbons (Fsp3) is 0.600. The molecular weight excluding hydrogens is 408 g/mol. The van der Waals surface area contributed by atoms with E-state index in [0.717, 1.165) is 38.5 Å². The van der Waals surface area contributed by atoms with E-state index >= 15 is 0 Å². The van der Waals surface area contributed by atoms with Crippen molar-refractivity contribution in [3.8, 4) is 0 Å². The number of rotatable bonds is 12. The standard InChI is InChI=1S/3C10H18O/c3*1-9(2)5-4-6-10(3)7-8-11/h3*5,7,11H,4,6,8H2,1-3H3/b3*10-7+. The Bertz CT molecular complexity index is 541. The second-order valence-corrected chi connectivity index (χ2v) is 9.16. The lowest BCUT2D eigenvalue weighted by Crippen LogP contribution is -1.80. The molecule has 0 rings (SSSR count). The van der Waals surface area contributed by atoms with E-state index in [0.29, 0.717) is 0 Å². The molecule has 0 heterocycles. The summed E-state index contributed by atoms with van der Waals surface area (Å²) in [7, 11) is 0. The van der Waals surface area contributed by atoms with E-state index in [4.69, 9.17) is 15.3 Å². The Morgan fingerprint density at radius 1 is 0.394 bits per heavy atom. The Morgan fingerprint density at radius 2 is 0.606 bits per heavy atom. The Balaban J connectivity index is -0.000000409. The molecule has 0 saturated carbocycles. The molecule has 0 spiro atoms. The molecular formula is C30H54O3. The predicted molar refractivity (Wildman–Crippen MR) is 149 cm³/mol. The Kier molecular flexibility index (Phi) is 28.9. The fourth-order valence-electron chi connectivity index (χ4n) is 2.54. The highest BCUT2D eigenvalue weighted by molar-refractivity contribution is 5.03. The van der Waals surface area contributed by atoms with Gasteiger partial charge in [0, 0.05) is 0 Å². The van der Waals surface area contributed by atoms with E-state index in [1.165, 1.54) is 33.4 Å². The molecule has 0 aliphatic carbocycles. The highest BCUT2D eigenvalue weighted by atomic mass is 16.3. The van der Waals surface area contributed by atoms with Gasteiger partial charge in [-0.25, -0.2) is 0 Å². The summed E-state index contributed by atoms with van der Waals surface area (Å²) in [5.41, 5.74) is 7.89. The van der Waals surface area contributed by atoms with Crippen LogP contribution in [0, 0.1) is 0 Å². The average molecular weight is 463 g/mol.